The molecule has 24 heavy (non-hydrogen) atoms. The van der Waals surface area contributed by atoms with Crippen molar-refractivity contribution in [2.45, 2.75) is 19.9 Å². The Labute approximate surface area is 140 Å². The molecule has 0 saturated carbocycles. The van der Waals surface area contributed by atoms with Crippen molar-refractivity contribution in [2.24, 2.45) is 0 Å². The summed E-state index contributed by atoms with van der Waals surface area (Å²) in [6.45, 7) is 2.97. The molecule has 2 aromatic rings. The van der Waals surface area contributed by atoms with E-state index < -0.39 is 17.8 Å². The molecular weight excluding hydrogens is 307 g/mol. The van der Waals surface area contributed by atoms with Gasteiger partial charge in [-0.05, 0) is 41.8 Å². The van der Waals surface area contributed by atoms with Gasteiger partial charge in [-0.15, -0.1) is 0 Å². The van der Waals surface area contributed by atoms with Crippen molar-refractivity contribution in [3.8, 4) is 17.2 Å². The molecule has 0 fully saturated rings. The Hall–Kier alpha value is -2.97. The van der Waals surface area contributed by atoms with Crippen LogP contribution in [0.2, 0.25) is 0 Å². The van der Waals surface area contributed by atoms with E-state index in [4.69, 9.17) is 5.26 Å². The van der Waals surface area contributed by atoms with Crippen molar-refractivity contribution in [3.05, 3.63) is 65.5 Å². The predicted molar refractivity (Wildman–Crippen MR) is 89.4 cm³/mol. The quantitative estimate of drug-likeness (QED) is 0.683. The largest absolute Gasteiger partial charge is 0.285 e. The molecule has 2 rings (SSSR count). The fraction of sp³-hybridized carbons (Fsp3) is 0.158. The van der Waals surface area contributed by atoms with Gasteiger partial charge in [-0.1, -0.05) is 36.4 Å². The molecule has 122 valence electrons. The third kappa shape index (κ3) is 4.06. The lowest BCUT2D eigenvalue weighted by atomic mass is 9.98. The molecule has 0 spiro atoms. The van der Waals surface area contributed by atoms with Crippen LogP contribution in [-0.2, 0) is 4.79 Å². The Morgan fingerprint density at radius 2 is 2.08 bits per heavy atom. The normalized spacial score (nSPS) is 12.0. The first kappa shape index (κ1) is 17.4. The number of hydroxylamine groups is 2. The first-order chi connectivity index (χ1) is 11.4. The Morgan fingerprint density at radius 3 is 2.75 bits per heavy atom. The first-order valence-electron chi connectivity index (χ1n) is 7.39. The van der Waals surface area contributed by atoms with E-state index >= 15 is 0 Å². The predicted octanol–water partition coefficient (Wildman–Crippen LogP) is 4.00. The van der Waals surface area contributed by atoms with E-state index in [1.165, 1.54) is 19.1 Å². The van der Waals surface area contributed by atoms with Crippen LogP contribution in [0.1, 0.15) is 25.0 Å². The zero-order valence-electron chi connectivity index (χ0n) is 13.4. The van der Waals surface area contributed by atoms with Gasteiger partial charge in [0.2, 0.25) is 5.91 Å². The summed E-state index contributed by atoms with van der Waals surface area (Å²) in [5, 5.41) is 19.4. The average Bonchev–Trinajstić information content (AvgIpc) is 2.58. The molecule has 0 aliphatic heterocycles. The number of nitrogens with zero attached hydrogens (tertiary/aromatic N) is 2. The number of carbonyl (C=O) groups excluding carboxylic acids is 1. The smallest absolute Gasteiger partial charge is 0.243 e. The second-order valence-corrected chi connectivity index (χ2v) is 5.39. The van der Waals surface area contributed by atoms with E-state index in [1.54, 1.807) is 25.1 Å². The number of amides is 1. The highest BCUT2D eigenvalue weighted by Crippen LogP contribution is 2.25. The second kappa shape index (κ2) is 7.53. The Morgan fingerprint density at radius 1 is 1.33 bits per heavy atom. The van der Waals surface area contributed by atoms with E-state index in [0.29, 0.717) is 10.6 Å². The highest BCUT2D eigenvalue weighted by Gasteiger charge is 2.10. The molecule has 0 unspecified atom stereocenters. The van der Waals surface area contributed by atoms with E-state index in [0.717, 1.165) is 11.1 Å². The summed E-state index contributed by atoms with van der Waals surface area (Å²) in [6, 6.07) is 13.0. The summed E-state index contributed by atoms with van der Waals surface area (Å²) >= 11 is 0. The van der Waals surface area contributed by atoms with Crippen molar-refractivity contribution in [3.63, 3.8) is 0 Å². The van der Waals surface area contributed by atoms with Crippen molar-refractivity contribution in [1.82, 2.24) is 5.06 Å². The molecule has 1 atom stereocenters. The molecule has 0 aliphatic carbocycles. The molecule has 1 amide bonds. The number of halogens is 1. The van der Waals surface area contributed by atoms with Gasteiger partial charge in [-0.2, -0.15) is 5.26 Å². The lowest BCUT2D eigenvalue weighted by molar-refractivity contribution is -0.167. The van der Waals surface area contributed by atoms with E-state index in [1.807, 2.05) is 30.3 Å². The summed E-state index contributed by atoms with van der Waals surface area (Å²) in [5.41, 5.74) is 2.54. The molecule has 0 aliphatic rings. The molecule has 5 heteroatoms. The highest BCUT2D eigenvalue weighted by atomic mass is 19.1. The van der Waals surface area contributed by atoms with Crippen molar-refractivity contribution in [2.75, 3.05) is 0 Å². The molecule has 4 nitrogen and oxygen atoms in total. The van der Waals surface area contributed by atoms with Crippen LogP contribution in [0.3, 0.4) is 0 Å². The fourth-order valence-electron chi connectivity index (χ4n) is 2.29. The summed E-state index contributed by atoms with van der Waals surface area (Å²) in [7, 11) is 0. The van der Waals surface area contributed by atoms with Gasteiger partial charge in [0.25, 0.3) is 0 Å². The van der Waals surface area contributed by atoms with Crippen LogP contribution in [0.15, 0.2) is 48.5 Å². The number of benzene rings is 2. The van der Waals surface area contributed by atoms with Gasteiger partial charge >= 0.3 is 0 Å². The molecule has 0 aromatic heterocycles. The van der Waals surface area contributed by atoms with Gasteiger partial charge in [-0.25, -0.2) is 9.45 Å². The summed E-state index contributed by atoms with van der Waals surface area (Å²) in [5.74, 6) is -0.890. The number of hydrogen-bond acceptors (Lipinski definition) is 3. The summed E-state index contributed by atoms with van der Waals surface area (Å²) in [6.07, 6.45) is 3.46. The van der Waals surface area contributed by atoms with Crippen LogP contribution in [0.5, 0.6) is 0 Å². The van der Waals surface area contributed by atoms with Gasteiger partial charge in [-0.3, -0.25) is 10.0 Å². The van der Waals surface area contributed by atoms with Crippen LogP contribution < -0.4 is 0 Å². The van der Waals surface area contributed by atoms with E-state index in [-0.39, 0.29) is 5.56 Å². The fourth-order valence-corrected chi connectivity index (χ4v) is 2.29. The van der Waals surface area contributed by atoms with Crippen LogP contribution in [0.25, 0.3) is 17.2 Å². The van der Waals surface area contributed by atoms with Crippen molar-refractivity contribution in [1.29, 1.82) is 5.26 Å². The van der Waals surface area contributed by atoms with E-state index in [2.05, 4.69) is 0 Å². The lowest BCUT2D eigenvalue weighted by Gasteiger charge is -2.17. The number of hydrogen-bond donors (Lipinski definition) is 1. The van der Waals surface area contributed by atoms with Crippen molar-refractivity contribution >= 4 is 12.0 Å². The zero-order valence-corrected chi connectivity index (χ0v) is 13.4. The maximum absolute atomic E-state index is 13.3. The minimum absolute atomic E-state index is 0.266. The van der Waals surface area contributed by atoms with Crippen LogP contribution >= 0.6 is 0 Å². The molecule has 2 aromatic carbocycles. The zero-order chi connectivity index (χ0) is 17.7. The molecular formula is C19H17FN2O2. The third-order valence-corrected chi connectivity index (χ3v) is 3.58. The van der Waals surface area contributed by atoms with Crippen LogP contribution in [-0.4, -0.2) is 22.2 Å². The molecule has 0 saturated heterocycles. The molecule has 1 N–H and O–H groups in total. The Balaban J connectivity index is 2.30. The van der Waals surface area contributed by atoms with Gasteiger partial charge in [0, 0.05) is 6.92 Å². The number of rotatable bonds is 4. The van der Waals surface area contributed by atoms with Crippen molar-refractivity contribution < 1.29 is 14.4 Å². The van der Waals surface area contributed by atoms with Gasteiger partial charge < -0.3 is 0 Å². The minimum atomic E-state index is -0.466. The average molecular weight is 324 g/mol. The molecule has 0 heterocycles. The van der Waals surface area contributed by atoms with Gasteiger partial charge in [0.15, 0.2) is 0 Å². The lowest BCUT2D eigenvalue weighted by Crippen LogP contribution is -2.32. The monoisotopic (exact) mass is 324 g/mol. The summed E-state index contributed by atoms with van der Waals surface area (Å²) in [4.78, 5) is 11.1. The Kier molecular flexibility index (Phi) is 5.46. The van der Waals surface area contributed by atoms with Gasteiger partial charge in [0.05, 0.1) is 17.7 Å². The second-order valence-electron chi connectivity index (χ2n) is 5.39. The first-order valence-corrected chi connectivity index (χ1v) is 7.39. The standard InChI is InChI=1S/C19H17FN2O2/c1-13(22(24)14(2)23)6-7-15-4-3-5-16(10-15)19-9-8-18(20)11-17(19)12-21/h3-11,13,24H,1-2H3/b7-6+/t13-/m0/s1. The maximum atomic E-state index is 13.3. The minimum Gasteiger partial charge on any atom is -0.285 e. The number of carbonyl (C=O) groups is 1. The molecule has 0 bridgehead atoms. The Bertz CT molecular complexity index is 824. The van der Waals surface area contributed by atoms with Crippen LogP contribution in [0.4, 0.5) is 4.39 Å². The van der Waals surface area contributed by atoms with Gasteiger partial charge in [0.1, 0.15) is 5.82 Å². The SMILES string of the molecule is CC(=O)N(O)[C@@H](C)/C=C/c1cccc(-c2ccc(F)cc2C#N)c1. The topological polar surface area (TPSA) is 64.3 Å². The van der Waals surface area contributed by atoms with Crippen LogP contribution in [0, 0.1) is 17.1 Å². The maximum Gasteiger partial charge on any atom is 0.243 e. The van der Waals surface area contributed by atoms with E-state index in [9.17, 15) is 14.4 Å². The third-order valence-electron chi connectivity index (χ3n) is 3.58. The summed E-state index contributed by atoms with van der Waals surface area (Å²) < 4.78 is 13.3. The highest BCUT2D eigenvalue weighted by molar-refractivity contribution is 5.74. The number of nitriles is 1. The molecule has 0 radical (unpaired) electrons.